The summed E-state index contributed by atoms with van der Waals surface area (Å²) in [7, 11) is 0. The normalized spacial score (nSPS) is 25.0. The summed E-state index contributed by atoms with van der Waals surface area (Å²) in [5, 5.41) is 3.02. The molecule has 1 aromatic rings. The lowest BCUT2D eigenvalue weighted by molar-refractivity contribution is -0.138. The number of nitrogens with zero attached hydrogens (tertiary/aromatic N) is 3. The summed E-state index contributed by atoms with van der Waals surface area (Å²) in [4.78, 5) is 46.4. The molecule has 8 nitrogen and oxygen atoms in total. The molecule has 4 atom stereocenters. The van der Waals surface area contributed by atoms with Crippen LogP contribution in [0.1, 0.15) is 70.7 Å². The highest BCUT2D eigenvalue weighted by molar-refractivity contribution is 5.99. The van der Waals surface area contributed by atoms with E-state index >= 15 is 0 Å². The lowest BCUT2D eigenvalue weighted by Gasteiger charge is -2.36. The molecule has 3 heterocycles. The maximum Gasteiger partial charge on any atom is 0.251 e. The van der Waals surface area contributed by atoms with Crippen LogP contribution >= 0.6 is 0 Å². The van der Waals surface area contributed by atoms with Crippen LogP contribution in [0.2, 0.25) is 0 Å². The number of anilines is 1. The quantitative estimate of drug-likeness (QED) is 0.532. The lowest BCUT2D eigenvalue weighted by Crippen LogP contribution is -2.53. The number of piperazine rings is 1. The van der Waals surface area contributed by atoms with Crippen LogP contribution in [0.5, 0.6) is 0 Å². The molecule has 3 saturated heterocycles. The molecule has 0 aromatic heterocycles. The van der Waals surface area contributed by atoms with E-state index in [0.717, 1.165) is 51.3 Å². The van der Waals surface area contributed by atoms with Crippen LogP contribution in [-0.4, -0.2) is 91.5 Å². The summed E-state index contributed by atoms with van der Waals surface area (Å²) in [6, 6.07) is 6.46. The summed E-state index contributed by atoms with van der Waals surface area (Å²) in [5.74, 6) is -0.319. The second kappa shape index (κ2) is 12.2. The number of nitrogens with one attached hydrogen (secondary N) is 1. The molecule has 38 heavy (non-hydrogen) atoms. The minimum atomic E-state index is -0.705. The number of hydrogen-bond donors (Lipinski definition) is 1. The van der Waals surface area contributed by atoms with Crippen molar-refractivity contribution >= 4 is 23.3 Å². The molecule has 1 N–H and O–H groups in total. The average molecular weight is 527 g/mol. The number of hydrogen-bond acceptors (Lipinski definition) is 6. The van der Waals surface area contributed by atoms with Crippen LogP contribution in [0.25, 0.3) is 0 Å². The highest BCUT2D eigenvalue weighted by Crippen LogP contribution is 2.35. The number of amides is 2. The number of Topliss-reactive ketones (excluding diaryl/α,β-unsaturated/α-hetero) is 1. The molecule has 2 amide bonds. The average Bonchev–Trinajstić information content (AvgIpc) is 3.44. The molecule has 0 bridgehead atoms. The Hall–Kier alpha value is -2.45. The van der Waals surface area contributed by atoms with Gasteiger partial charge in [0.05, 0.1) is 6.10 Å². The third-order valence-corrected chi connectivity index (χ3v) is 8.06. The van der Waals surface area contributed by atoms with E-state index < -0.39 is 12.1 Å². The van der Waals surface area contributed by atoms with Crippen LogP contribution in [0, 0.1) is 11.3 Å². The number of carbonyl (C=O) groups is 3. The summed E-state index contributed by atoms with van der Waals surface area (Å²) in [6.07, 6.45) is 3.31. The molecular formula is C30H46N4O4. The van der Waals surface area contributed by atoms with Gasteiger partial charge in [-0.2, -0.15) is 0 Å². The van der Waals surface area contributed by atoms with Crippen molar-refractivity contribution in [2.75, 3.05) is 50.8 Å². The Morgan fingerprint density at radius 3 is 2.34 bits per heavy atom. The third kappa shape index (κ3) is 6.57. The number of rotatable bonds is 9. The topological polar surface area (TPSA) is 82.2 Å². The zero-order valence-electron chi connectivity index (χ0n) is 23.9. The SMILES string of the molecule is CCC[C@H]1CN(C(=O)C(CC(C)(C)C)NC(=O)c2ccc(N3CCN(CCC)CC3)cc2)[C@@H]2C(=O)CO[C@H]12. The summed E-state index contributed by atoms with van der Waals surface area (Å²) >= 11 is 0. The molecule has 1 unspecified atom stereocenters. The van der Waals surface area contributed by atoms with Gasteiger partial charge in [0.2, 0.25) is 5.91 Å². The number of ether oxygens (including phenoxy) is 1. The van der Waals surface area contributed by atoms with Gasteiger partial charge in [0.25, 0.3) is 5.91 Å². The smallest absolute Gasteiger partial charge is 0.251 e. The highest BCUT2D eigenvalue weighted by atomic mass is 16.5. The number of benzene rings is 1. The molecular weight excluding hydrogens is 480 g/mol. The first-order chi connectivity index (χ1) is 18.1. The number of carbonyl (C=O) groups excluding carboxylic acids is 3. The maximum atomic E-state index is 13.9. The van der Waals surface area contributed by atoms with Crippen LogP contribution in [0.15, 0.2) is 24.3 Å². The second-order valence-corrected chi connectivity index (χ2v) is 12.4. The minimum Gasteiger partial charge on any atom is -0.369 e. The summed E-state index contributed by atoms with van der Waals surface area (Å²) in [5.41, 5.74) is 1.47. The van der Waals surface area contributed by atoms with Gasteiger partial charge in [-0.3, -0.25) is 19.3 Å². The van der Waals surface area contributed by atoms with Crippen molar-refractivity contribution < 1.29 is 19.1 Å². The minimum absolute atomic E-state index is 0.0334. The van der Waals surface area contributed by atoms with Gasteiger partial charge in [0.15, 0.2) is 5.78 Å². The molecule has 0 saturated carbocycles. The van der Waals surface area contributed by atoms with E-state index in [1.807, 2.05) is 24.3 Å². The zero-order chi connectivity index (χ0) is 27.4. The highest BCUT2D eigenvalue weighted by Gasteiger charge is 2.52. The zero-order valence-corrected chi connectivity index (χ0v) is 23.9. The van der Waals surface area contributed by atoms with Crippen molar-refractivity contribution in [2.24, 2.45) is 11.3 Å². The first-order valence-electron chi connectivity index (χ1n) is 14.4. The van der Waals surface area contributed by atoms with Gasteiger partial charge >= 0.3 is 0 Å². The molecule has 3 aliphatic rings. The van der Waals surface area contributed by atoms with Crippen LogP contribution in [0.4, 0.5) is 5.69 Å². The van der Waals surface area contributed by atoms with Crippen molar-refractivity contribution in [3.8, 4) is 0 Å². The van der Waals surface area contributed by atoms with Crippen molar-refractivity contribution in [3.05, 3.63) is 29.8 Å². The van der Waals surface area contributed by atoms with E-state index in [2.05, 4.69) is 49.7 Å². The molecule has 210 valence electrons. The van der Waals surface area contributed by atoms with Gasteiger partial charge in [-0.25, -0.2) is 0 Å². The monoisotopic (exact) mass is 526 g/mol. The molecule has 3 fully saturated rings. The van der Waals surface area contributed by atoms with Gasteiger partial charge in [-0.05, 0) is 55.5 Å². The van der Waals surface area contributed by atoms with E-state index in [-0.39, 0.29) is 41.6 Å². The Morgan fingerprint density at radius 1 is 1.05 bits per heavy atom. The van der Waals surface area contributed by atoms with Gasteiger partial charge in [-0.15, -0.1) is 0 Å². The number of likely N-dealkylation sites (tertiary alicyclic amines) is 1. The Balaban J connectivity index is 1.44. The first-order valence-corrected chi connectivity index (χ1v) is 14.4. The van der Waals surface area contributed by atoms with E-state index in [4.69, 9.17) is 4.74 Å². The van der Waals surface area contributed by atoms with Gasteiger partial charge in [0.1, 0.15) is 18.7 Å². The predicted molar refractivity (Wildman–Crippen MR) is 149 cm³/mol. The number of fused-ring (bicyclic) bond motifs is 1. The Bertz CT molecular complexity index is 981. The van der Waals surface area contributed by atoms with Gasteiger partial charge < -0.3 is 19.9 Å². The first kappa shape index (κ1) is 28.6. The van der Waals surface area contributed by atoms with Crippen LogP contribution in [0.3, 0.4) is 0 Å². The van der Waals surface area contributed by atoms with Crippen LogP contribution < -0.4 is 10.2 Å². The Kier molecular flexibility index (Phi) is 9.14. The Labute approximate surface area is 228 Å². The maximum absolute atomic E-state index is 13.9. The van der Waals surface area contributed by atoms with Crippen LogP contribution in [-0.2, 0) is 14.3 Å². The fraction of sp³-hybridized carbons (Fsp3) is 0.700. The van der Waals surface area contributed by atoms with Gasteiger partial charge in [-0.1, -0.05) is 41.0 Å². The van der Waals surface area contributed by atoms with E-state index in [0.29, 0.717) is 18.5 Å². The Morgan fingerprint density at radius 2 is 1.74 bits per heavy atom. The van der Waals surface area contributed by atoms with Crippen molar-refractivity contribution in [3.63, 3.8) is 0 Å². The molecule has 0 spiro atoms. The predicted octanol–water partition coefficient (Wildman–Crippen LogP) is 3.35. The summed E-state index contributed by atoms with van der Waals surface area (Å²) < 4.78 is 5.81. The molecule has 0 radical (unpaired) electrons. The standard InChI is InChI=1S/C30H46N4O4/c1-6-8-22-19-34(26-25(35)20-38-27(22)26)29(37)24(18-30(3,4)5)31-28(36)21-9-11-23(12-10-21)33-16-14-32(13-7-2)15-17-33/h9-12,22,24,26-27H,6-8,13-20H2,1-5H3,(H,31,36)/t22-,24?,26+,27+/m0/s1. The largest absolute Gasteiger partial charge is 0.369 e. The van der Waals surface area contributed by atoms with Crippen molar-refractivity contribution in [2.45, 2.75) is 78.5 Å². The lowest BCUT2D eigenvalue weighted by atomic mass is 9.87. The fourth-order valence-electron chi connectivity index (χ4n) is 6.23. The van der Waals surface area contributed by atoms with Crippen molar-refractivity contribution in [1.82, 2.24) is 15.1 Å². The molecule has 8 heteroatoms. The molecule has 0 aliphatic carbocycles. The fourth-order valence-corrected chi connectivity index (χ4v) is 6.23. The van der Waals surface area contributed by atoms with Crippen molar-refractivity contribution in [1.29, 1.82) is 0 Å². The summed E-state index contributed by atoms with van der Waals surface area (Å²) in [6.45, 7) is 16.3. The van der Waals surface area contributed by atoms with E-state index in [1.54, 1.807) is 4.90 Å². The van der Waals surface area contributed by atoms with Gasteiger partial charge in [0, 0.05) is 49.9 Å². The number of ketones is 1. The second-order valence-electron chi connectivity index (χ2n) is 12.4. The van der Waals surface area contributed by atoms with E-state index in [1.165, 1.54) is 6.42 Å². The molecule has 3 aliphatic heterocycles. The molecule has 1 aromatic carbocycles. The van der Waals surface area contributed by atoms with E-state index in [9.17, 15) is 14.4 Å². The third-order valence-electron chi connectivity index (χ3n) is 8.06. The molecule has 4 rings (SSSR count).